The second-order valence-electron chi connectivity index (χ2n) is 4.83. The maximum absolute atomic E-state index is 12.8. The summed E-state index contributed by atoms with van der Waals surface area (Å²) in [5.41, 5.74) is 1.56. The van der Waals surface area contributed by atoms with Crippen LogP contribution in [-0.4, -0.2) is 34.6 Å². The van der Waals surface area contributed by atoms with Gasteiger partial charge in [-0.25, -0.2) is 0 Å². The third-order valence-corrected chi connectivity index (χ3v) is 3.49. The van der Waals surface area contributed by atoms with Crippen LogP contribution in [0, 0.1) is 5.92 Å². The molecule has 1 N–H and O–H groups in total. The third-order valence-electron chi connectivity index (χ3n) is 3.49. The number of carbonyl (C=O) groups is 2. The average Bonchev–Trinajstić information content (AvgIpc) is 2.96. The lowest BCUT2D eigenvalue weighted by atomic mass is 9.98. The minimum absolute atomic E-state index is 0.0433. The largest absolute Gasteiger partial charge is 0.432 e. The van der Waals surface area contributed by atoms with E-state index in [9.17, 15) is 22.8 Å². The Morgan fingerprint density at radius 3 is 2.43 bits per heavy atom. The number of halogens is 3. The predicted molar refractivity (Wildman–Crippen MR) is 65.9 cm³/mol. The summed E-state index contributed by atoms with van der Waals surface area (Å²) in [6, 6.07) is 7.35. The van der Waals surface area contributed by atoms with Gasteiger partial charge in [0.25, 0.3) is 5.91 Å². The minimum Gasteiger partial charge on any atom is -0.296 e. The zero-order valence-electron chi connectivity index (χ0n) is 10.6. The number of hydrazone groups is 1. The molecular formula is C13H10F3N3O2. The van der Waals surface area contributed by atoms with E-state index in [-0.39, 0.29) is 6.54 Å². The van der Waals surface area contributed by atoms with Crippen molar-refractivity contribution in [2.45, 2.75) is 18.8 Å². The Morgan fingerprint density at radius 1 is 1.14 bits per heavy atom. The molecule has 0 aromatic heterocycles. The summed E-state index contributed by atoms with van der Waals surface area (Å²) < 4.78 is 38.4. The van der Waals surface area contributed by atoms with E-state index in [2.05, 4.69) is 10.5 Å². The molecule has 8 heteroatoms. The normalized spacial score (nSPS) is 24.9. The van der Waals surface area contributed by atoms with E-state index in [4.69, 9.17) is 0 Å². The van der Waals surface area contributed by atoms with Gasteiger partial charge in [0, 0.05) is 0 Å². The van der Waals surface area contributed by atoms with Crippen molar-refractivity contribution in [3.63, 3.8) is 0 Å². The van der Waals surface area contributed by atoms with E-state index in [0.29, 0.717) is 5.56 Å². The van der Waals surface area contributed by atoms with Gasteiger partial charge in [-0.05, 0) is 5.56 Å². The van der Waals surface area contributed by atoms with Gasteiger partial charge in [-0.2, -0.15) is 18.3 Å². The van der Waals surface area contributed by atoms with Crippen molar-refractivity contribution in [3.05, 3.63) is 35.9 Å². The molecule has 1 aromatic rings. The Bertz CT molecular complexity index is 627. The van der Waals surface area contributed by atoms with Crippen LogP contribution in [0.5, 0.6) is 0 Å². The molecule has 1 fully saturated rings. The lowest BCUT2D eigenvalue weighted by molar-refractivity contribution is -0.140. The van der Waals surface area contributed by atoms with Crippen LogP contribution in [0.4, 0.5) is 13.2 Å². The minimum atomic E-state index is -4.73. The molecule has 110 valence electrons. The Kier molecular flexibility index (Phi) is 2.96. The Morgan fingerprint density at radius 2 is 1.81 bits per heavy atom. The van der Waals surface area contributed by atoms with E-state index in [1.165, 1.54) is 0 Å². The van der Waals surface area contributed by atoms with Gasteiger partial charge >= 0.3 is 6.18 Å². The number of alkyl halides is 3. The van der Waals surface area contributed by atoms with Gasteiger partial charge in [0.2, 0.25) is 5.91 Å². The highest BCUT2D eigenvalue weighted by Gasteiger charge is 2.59. The average molecular weight is 297 g/mol. The monoisotopic (exact) mass is 297 g/mol. The number of imide groups is 1. The molecule has 0 unspecified atom stereocenters. The zero-order valence-corrected chi connectivity index (χ0v) is 10.6. The fourth-order valence-corrected chi connectivity index (χ4v) is 2.50. The Labute approximate surface area is 117 Å². The Balaban J connectivity index is 1.86. The number of rotatable bonds is 2. The van der Waals surface area contributed by atoms with Crippen LogP contribution in [0.25, 0.3) is 0 Å². The highest BCUT2D eigenvalue weighted by molar-refractivity contribution is 6.20. The number of carbonyl (C=O) groups excluding carboxylic acids is 2. The van der Waals surface area contributed by atoms with Crippen molar-refractivity contribution in [1.29, 1.82) is 0 Å². The number of likely N-dealkylation sites (tertiary alicyclic amines) is 1. The smallest absolute Gasteiger partial charge is 0.296 e. The second kappa shape index (κ2) is 4.57. The number of hydrogen-bond acceptors (Lipinski definition) is 4. The zero-order chi connectivity index (χ0) is 15.2. The summed E-state index contributed by atoms with van der Waals surface area (Å²) in [5, 5.41) is 3.11. The van der Waals surface area contributed by atoms with Crippen LogP contribution in [-0.2, 0) is 16.1 Å². The van der Waals surface area contributed by atoms with Gasteiger partial charge in [0.15, 0.2) is 5.71 Å². The number of nitrogens with zero attached hydrogens (tertiary/aromatic N) is 2. The summed E-state index contributed by atoms with van der Waals surface area (Å²) in [4.78, 5) is 25.1. The van der Waals surface area contributed by atoms with Gasteiger partial charge in [0.05, 0.1) is 6.54 Å². The summed E-state index contributed by atoms with van der Waals surface area (Å²) in [6.07, 6.45) is -4.73. The molecule has 1 saturated heterocycles. The van der Waals surface area contributed by atoms with Crippen molar-refractivity contribution in [3.8, 4) is 0 Å². The van der Waals surface area contributed by atoms with Crippen LogP contribution >= 0.6 is 0 Å². The molecular weight excluding hydrogens is 287 g/mol. The number of hydrogen-bond donors (Lipinski definition) is 1. The Hall–Kier alpha value is -2.38. The molecule has 3 rings (SSSR count). The standard InChI is InChI=1S/C13H10F3N3O2/c14-13(15,16)10-8-9(17-18-10)12(21)19(11(8)20)6-7-4-2-1-3-5-7/h1-5,8-9,17H,6H2/t8-,9+/m0/s1. The molecule has 2 heterocycles. The van der Waals surface area contributed by atoms with Crippen molar-refractivity contribution in [2.24, 2.45) is 11.0 Å². The first-order chi connectivity index (χ1) is 9.89. The van der Waals surface area contributed by atoms with E-state index in [0.717, 1.165) is 4.90 Å². The van der Waals surface area contributed by atoms with E-state index >= 15 is 0 Å². The first-order valence-corrected chi connectivity index (χ1v) is 6.19. The highest BCUT2D eigenvalue weighted by Crippen LogP contribution is 2.34. The topological polar surface area (TPSA) is 61.8 Å². The van der Waals surface area contributed by atoms with Crippen LogP contribution in [0.3, 0.4) is 0 Å². The van der Waals surface area contributed by atoms with Crippen molar-refractivity contribution < 1.29 is 22.8 Å². The second-order valence-corrected chi connectivity index (χ2v) is 4.83. The van der Waals surface area contributed by atoms with Gasteiger partial charge in [-0.1, -0.05) is 30.3 Å². The summed E-state index contributed by atoms with van der Waals surface area (Å²) in [7, 11) is 0. The molecule has 2 aliphatic rings. The quantitative estimate of drug-likeness (QED) is 0.830. The molecule has 0 radical (unpaired) electrons. The summed E-state index contributed by atoms with van der Waals surface area (Å²) in [5.74, 6) is -3.13. The van der Waals surface area contributed by atoms with Crippen LogP contribution in [0.1, 0.15) is 5.56 Å². The summed E-state index contributed by atoms with van der Waals surface area (Å²) >= 11 is 0. The van der Waals surface area contributed by atoms with Crippen molar-refractivity contribution >= 4 is 17.5 Å². The van der Waals surface area contributed by atoms with E-state index in [1.807, 2.05) is 0 Å². The molecule has 0 aliphatic carbocycles. The third kappa shape index (κ3) is 2.16. The molecule has 0 bridgehead atoms. The molecule has 21 heavy (non-hydrogen) atoms. The molecule has 5 nitrogen and oxygen atoms in total. The van der Waals surface area contributed by atoms with Crippen LogP contribution in [0.15, 0.2) is 35.4 Å². The number of fused-ring (bicyclic) bond motifs is 1. The first-order valence-electron chi connectivity index (χ1n) is 6.19. The predicted octanol–water partition coefficient (Wildman–Crippen LogP) is 1.06. The fourth-order valence-electron chi connectivity index (χ4n) is 2.50. The van der Waals surface area contributed by atoms with Crippen molar-refractivity contribution in [1.82, 2.24) is 10.3 Å². The maximum Gasteiger partial charge on any atom is 0.432 e. The molecule has 1 aromatic carbocycles. The van der Waals surface area contributed by atoms with Crippen molar-refractivity contribution in [2.75, 3.05) is 0 Å². The SMILES string of the molecule is O=C1[C@@H]2C(C(F)(F)F)=NN[C@H]2C(=O)N1Cc1ccccc1. The number of nitrogens with one attached hydrogen (secondary N) is 1. The fraction of sp³-hybridized carbons (Fsp3) is 0.308. The van der Waals surface area contributed by atoms with E-state index in [1.54, 1.807) is 30.3 Å². The first kappa shape index (κ1) is 13.6. The lowest BCUT2D eigenvalue weighted by Gasteiger charge is -2.16. The number of benzene rings is 1. The molecule has 0 spiro atoms. The molecule has 2 aliphatic heterocycles. The lowest BCUT2D eigenvalue weighted by Crippen LogP contribution is -2.37. The van der Waals surface area contributed by atoms with Gasteiger partial charge in [-0.3, -0.25) is 19.9 Å². The molecule has 2 amide bonds. The summed E-state index contributed by atoms with van der Waals surface area (Å²) in [6.45, 7) is -0.0433. The van der Waals surface area contributed by atoms with Crippen LogP contribution < -0.4 is 5.43 Å². The van der Waals surface area contributed by atoms with Gasteiger partial charge < -0.3 is 0 Å². The van der Waals surface area contributed by atoms with Crippen LogP contribution in [0.2, 0.25) is 0 Å². The maximum atomic E-state index is 12.8. The molecule has 0 saturated carbocycles. The molecule has 2 atom stereocenters. The van der Waals surface area contributed by atoms with Gasteiger partial charge in [-0.15, -0.1) is 0 Å². The number of amides is 2. The highest BCUT2D eigenvalue weighted by atomic mass is 19.4. The van der Waals surface area contributed by atoms with Gasteiger partial charge in [0.1, 0.15) is 12.0 Å². The van der Waals surface area contributed by atoms with E-state index < -0.39 is 35.7 Å².